The van der Waals surface area contributed by atoms with Gasteiger partial charge in [0.15, 0.2) is 0 Å². The van der Waals surface area contributed by atoms with Gasteiger partial charge in [-0.15, -0.1) is 0 Å². The van der Waals surface area contributed by atoms with E-state index in [0.29, 0.717) is 17.4 Å². The molecular weight excluding hydrogens is 258 g/mol. The zero-order valence-electron chi connectivity index (χ0n) is 10.9. The van der Waals surface area contributed by atoms with Gasteiger partial charge in [0.25, 0.3) is 5.56 Å². The number of aromatic hydroxyl groups is 1. The quantitative estimate of drug-likeness (QED) is 0.853. The average Bonchev–Trinajstić information content (AvgIpc) is 2.86. The molecular formula is C14H13N3O3. The minimum Gasteiger partial charge on any atom is -0.506 e. The van der Waals surface area contributed by atoms with Gasteiger partial charge in [-0.1, -0.05) is 12.1 Å². The van der Waals surface area contributed by atoms with Crippen LogP contribution < -0.4 is 11.0 Å². The standard InChI is InChI=1S/C14H13N3O3/c1-2-17-10-6-4-3-5-8(10)13(19)12(14(17)20)9-7-11(18)16-15-9/h3-6,19H,2,7H2,1H3,(H,16,18). The van der Waals surface area contributed by atoms with E-state index in [1.165, 1.54) is 0 Å². The zero-order valence-corrected chi connectivity index (χ0v) is 10.9. The highest BCUT2D eigenvalue weighted by atomic mass is 16.3. The highest BCUT2D eigenvalue weighted by Crippen LogP contribution is 2.27. The SMILES string of the molecule is CCn1c(=O)c(C2=NNC(=O)C2)c(O)c2ccccc21. The van der Waals surface area contributed by atoms with Crippen molar-refractivity contribution >= 4 is 22.5 Å². The molecule has 6 heteroatoms. The molecule has 1 aromatic carbocycles. The Labute approximate surface area is 114 Å². The molecule has 3 rings (SSSR count). The van der Waals surface area contributed by atoms with Crippen LogP contribution in [0.2, 0.25) is 0 Å². The summed E-state index contributed by atoms with van der Waals surface area (Å²) < 4.78 is 1.57. The molecule has 6 nitrogen and oxygen atoms in total. The largest absolute Gasteiger partial charge is 0.506 e. The normalized spacial score (nSPS) is 14.4. The van der Waals surface area contributed by atoms with Gasteiger partial charge in [-0.3, -0.25) is 9.59 Å². The number of carbonyl (C=O) groups excluding carboxylic acids is 1. The van der Waals surface area contributed by atoms with Gasteiger partial charge in [0.05, 0.1) is 17.6 Å². The van der Waals surface area contributed by atoms with Crippen molar-refractivity contribution in [2.45, 2.75) is 19.9 Å². The summed E-state index contributed by atoms with van der Waals surface area (Å²) in [4.78, 5) is 23.8. The highest BCUT2D eigenvalue weighted by molar-refractivity contribution is 6.16. The Morgan fingerprint density at radius 1 is 1.35 bits per heavy atom. The Kier molecular flexibility index (Phi) is 2.78. The number of nitrogens with one attached hydrogen (secondary N) is 1. The highest BCUT2D eigenvalue weighted by Gasteiger charge is 2.25. The van der Waals surface area contributed by atoms with Crippen molar-refractivity contribution in [2.24, 2.45) is 5.10 Å². The van der Waals surface area contributed by atoms with E-state index in [0.717, 1.165) is 0 Å². The summed E-state index contributed by atoms with van der Waals surface area (Å²) >= 11 is 0. The maximum Gasteiger partial charge on any atom is 0.264 e. The molecule has 0 saturated heterocycles. The van der Waals surface area contributed by atoms with E-state index in [-0.39, 0.29) is 34.9 Å². The number of amides is 1. The monoisotopic (exact) mass is 271 g/mol. The second kappa shape index (κ2) is 4.48. The topological polar surface area (TPSA) is 83.7 Å². The van der Waals surface area contributed by atoms with E-state index in [2.05, 4.69) is 10.5 Å². The van der Waals surface area contributed by atoms with E-state index in [4.69, 9.17) is 0 Å². The van der Waals surface area contributed by atoms with Crippen LogP contribution in [-0.4, -0.2) is 21.3 Å². The van der Waals surface area contributed by atoms with Crippen molar-refractivity contribution in [1.29, 1.82) is 0 Å². The predicted molar refractivity (Wildman–Crippen MR) is 74.8 cm³/mol. The minimum atomic E-state index is -0.334. The summed E-state index contributed by atoms with van der Waals surface area (Å²) in [6.07, 6.45) is 0.00482. The van der Waals surface area contributed by atoms with Crippen LogP contribution in [0.3, 0.4) is 0 Å². The fourth-order valence-corrected chi connectivity index (χ4v) is 2.47. The van der Waals surface area contributed by atoms with Crippen LogP contribution in [0.4, 0.5) is 0 Å². The number of para-hydroxylation sites is 1. The number of hydrazone groups is 1. The Morgan fingerprint density at radius 2 is 2.10 bits per heavy atom. The fourth-order valence-electron chi connectivity index (χ4n) is 2.47. The molecule has 0 fully saturated rings. The second-order valence-electron chi connectivity index (χ2n) is 4.56. The van der Waals surface area contributed by atoms with Crippen LogP contribution in [0.1, 0.15) is 18.9 Å². The molecule has 2 aromatic rings. The molecule has 20 heavy (non-hydrogen) atoms. The third kappa shape index (κ3) is 1.69. The maximum atomic E-state index is 12.5. The number of pyridine rings is 1. The first-order valence-corrected chi connectivity index (χ1v) is 6.33. The Morgan fingerprint density at radius 3 is 2.75 bits per heavy atom. The van der Waals surface area contributed by atoms with Crippen LogP contribution in [-0.2, 0) is 11.3 Å². The van der Waals surface area contributed by atoms with Gasteiger partial charge in [-0.2, -0.15) is 5.10 Å². The Bertz CT molecular complexity index is 805. The summed E-state index contributed by atoms with van der Waals surface area (Å²) in [6, 6.07) is 7.12. The molecule has 0 radical (unpaired) electrons. The van der Waals surface area contributed by atoms with E-state index < -0.39 is 0 Å². The van der Waals surface area contributed by atoms with Gasteiger partial charge in [-0.25, -0.2) is 5.43 Å². The number of hydrogen-bond acceptors (Lipinski definition) is 4. The molecule has 0 saturated carbocycles. The number of nitrogens with zero attached hydrogens (tertiary/aromatic N) is 2. The summed E-state index contributed by atoms with van der Waals surface area (Å²) in [5.41, 5.74) is 3.01. The van der Waals surface area contributed by atoms with Crippen molar-refractivity contribution in [1.82, 2.24) is 9.99 Å². The molecule has 2 heterocycles. The molecule has 0 atom stereocenters. The maximum absolute atomic E-state index is 12.5. The molecule has 0 unspecified atom stereocenters. The molecule has 0 spiro atoms. The van der Waals surface area contributed by atoms with E-state index in [9.17, 15) is 14.7 Å². The summed E-state index contributed by atoms with van der Waals surface area (Å²) in [7, 11) is 0. The number of aryl methyl sites for hydroxylation is 1. The molecule has 1 aliphatic rings. The van der Waals surface area contributed by atoms with Gasteiger partial charge in [-0.05, 0) is 19.1 Å². The lowest BCUT2D eigenvalue weighted by atomic mass is 10.0. The predicted octanol–water partition coefficient (Wildman–Crippen LogP) is 0.951. The number of carbonyl (C=O) groups is 1. The van der Waals surface area contributed by atoms with Gasteiger partial charge < -0.3 is 9.67 Å². The van der Waals surface area contributed by atoms with Gasteiger partial charge in [0, 0.05) is 11.9 Å². The number of rotatable bonds is 2. The second-order valence-corrected chi connectivity index (χ2v) is 4.56. The van der Waals surface area contributed by atoms with Crippen molar-refractivity contribution in [2.75, 3.05) is 0 Å². The zero-order chi connectivity index (χ0) is 14.3. The molecule has 1 aromatic heterocycles. The molecule has 2 N–H and O–H groups in total. The molecule has 1 amide bonds. The average molecular weight is 271 g/mol. The van der Waals surface area contributed by atoms with Gasteiger partial charge in [0.2, 0.25) is 5.91 Å². The number of fused-ring (bicyclic) bond motifs is 1. The number of hydrogen-bond donors (Lipinski definition) is 2. The summed E-state index contributed by atoms with van der Waals surface area (Å²) in [5, 5.41) is 14.8. The van der Waals surface area contributed by atoms with Gasteiger partial charge in [0.1, 0.15) is 11.3 Å². The molecule has 1 aliphatic heterocycles. The lowest BCUT2D eigenvalue weighted by Crippen LogP contribution is -2.26. The first-order chi connectivity index (χ1) is 9.63. The van der Waals surface area contributed by atoms with Crippen molar-refractivity contribution < 1.29 is 9.90 Å². The first kappa shape index (κ1) is 12.4. The lowest BCUT2D eigenvalue weighted by Gasteiger charge is -2.12. The first-order valence-electron chi connectivity index (χ1n) is 6.33. The third-order valence-electron chi connectivity index (χ3n) is 3.39. The Hall–Kier alpha value is -2.63. The van der Waals surface area contributed by atoms with Crippen LogP contribution in [0.5, 0.6) is 5.75 Å². The van der Waals surface area contributed by atoms with Crippen molar-refractivity contribution in [3.63, 3.8) is 0 Å². The third-order valence-corrected chi connectivity index (χ3v) is 3.39. The smallest absolute Gasteiger partial charge is 0.264 e. The Balaban J connectivity index is 2.38. The summed E-state index contributed by atoms with van der Waals surface area (Å²) in [6.45, 7) is 2.33. The van der Waals surface area contributed by atoms with Crippen LogP contribution in [0.25, 0.3) is 10.9 Å². The summed E-state index contributed by atoms with van der Waals surface area (Å²) in [5.74, 6) is -0.402. The van der Waals surface area contributed by atoms with Crippen molar-refractivity contribution in [3.05, 3.63) is 40.2 Å². The van der Waals surface area contributed by atoms with Crippen molar-refractivity contribution in [3.8, 4) is 5.75 Å². The van der Waals surface area contributed by atoms with E-state index in [1.54, 1.807) is 22.8 Å². The van der Waals surface area contributed by atoms with Gasteiger partial charge >= 0.3 is 0 Å². The van der Waals surface area contributed by atoms with E-state index in [1.807, 2.05) is 13.0 Å². The molecule has 0 aliphatic carbocycles. The molecule has 102 valence electrons. The minimum absolute atomic E-state index is 0.00482. The van der Waals surface area contributed by atoms with Crippen LogP contribution >= 0.6 is 0 Å². The fraction of sp³-hybridized carbons (Fsp3) is 0.214. The lowest BCUT2D eigenvalue weighted by molar-refractivity contribution is -0.119. The number of aromatic nitrogens is 1. The number of benzene rings is 1. The van der Waals surface area contributed by atoms with E-state index >= 15 is 0 Å². The molecule has 0 bridgehead atoms. The van der Waals surface area contributed by atoms with Crippen LogP contribution in [0, 0.1) is 0 Å². The van der Waals surface area contributed by atoms with Crippen LogP contribution in [0.15, 0.2) is 34.2 Å².